The first-order valence-corrected chi connectivity index (χ1v) is 11.7. The summed E-state index contributed by atoms with van der Waals surface area (Å²) in [6, 6.07) is 41.1. The molecule has 0 unspecified atom stereocenters. The fourth-order valence-electron chi connectivity index (χ4n) is 4.06. The first-order chi connectivity index (χ1) is 17.7. The molecule has 4 heteroatoms. The van der Waals surface area contributed by atoms with Gasteiger partial charge in [-0.05, 0) is 36.4 Å². The Morgan fingerprint density at radius 3 is 1.06 bits per heavy atom. The van der Waals surface area contributed by atoms with Crippen LogP contribution in [-0.4, -0.2) is 11.6 Å². The minimum atomic E-state index is -0.0528. The topological polar surface area (TPSA) is 58.2 Å². The summed E-state index contributed by atoms with van der Waals surface area (Å²) in [5.41, 5.74) is 5.40. The van der Waals surface area contributed by atoms with Gasteiger partial charge in [0.05, 0.1) is 11.4 Å². The molecule has 0 amide bonds. The zero-order chi connectivity index (χ0) is 24.7. The Morgan fingerprint density at radius 2 is 0.667 bits per heavy atom. The lowest BCUT2D eigenvalue weighted by Gasteiger charge is -2.17. The van der Waals surface area contributed by atoms with E-state index in [9.17, 15) is 9.59 Å². The number of ketones is 2. The molecule has 0 aromatic heterocycles. The Morgan fingerprint density at radius 1 is 0.361 bits per heavy atom. The predicted octanol–water partition coefficient (Wildman–Crippen LogP) is 7.64. The number of benzene rings is 5. The maximum atomic E-state index is 13.2. The normalized spacial score (nSPS) is 10.4. The van der Waals surface area contributed by atoms with E-state index in [-0.39, 0.29) is 11.6 Å². The van der Waals surface area contributed by atoms with E-state index in [2.05, 4.69) is 10.6 Å². The Balaban J connectivity index is 1.46. The minimum Gasteiger partial charge on any atom is -0.353 e. The summed E-state index contributed by atoms with van der Waals surface area (Å²) in [7, 11) is 0. The summed E-state index contributed by atoms with van der Waals surface area (Å²) >= 11 is 0. The molecule has 0 saturated heterocycles. The van der Waals surface area contributed by atoms with Gasteiger partial charge in [0.1, 0.15) is 0 Å². The van der Waals surface area contributed by atoms with Crippen molar-refractivity contribution in [3.05, 3.63) is 156 Å². The summed E-state index contributed by atoms with van der Waals surface area (Å²) in [4.78, 5) is 26.4. The maximum absolute atomic E-state index is 13.2. The fraction of sp³-hybridized carbons (Fsp3) is 0. The molecule has 0 atom stereocenters. The molecule has 0 aliphatic heterocycles. The first kappa shape index (κ1) is 22.8. The molecule has 0 spiro atoms. The van der Waals surface area contributed by atoms with Crippen molar-refractivity contribution in [1.82, 2.24) is 0 Å². The van der Waals surface area contributed by atoms with Gasteiger partial charge in [0.25, 0.3) is 0 Å². The summed E-state index contributed by atoms with van der Waals surface area (Å²) < 4.78 is 0. The molecule has 174 valence electrons. The van der Waals surface area contributed by atoms with Gasteiger partial charge in [0, 0.05) is 33.6 Å². The highest BCUT2D eigenvalue weighted by Gasteiger charge is 2.16. The van der Waals surface area contributed by atoms with E-state index in [0.717, 1.165) is 11.4 Å². The number of hydrogen-bond donors (Lipinski definition) is 2. The van der Waals surface area contributed by atoms with Crippen LogP contribution in [0.2, 0.25) is 0 Å². The number of nitrogens with one attached hydrogen (secondary N) is 2. The highest BCUT2D eigenvalue weighted by Crippen LogP contribution is 2.32. The van der Waals surface area contributed by atoms with Crippen LogP contribution < -0.4 is 10.6 Å². The first-order valence-electron chi connectivity index (χ1n) is 11.7. The van der Waals surface area contributed by atoms with Crippen LogP contribution in [0, 0.1) is 0 Å². The molecular weight excluding hydrogens is 444 g/mol. The van der Waals surface area contributed by atoms with Crippen molar-refractivity contribution in [1.29, 1.82) is 0 Å². The van der Waals surface area contributed by atoms with Crippen LogP contribution in [0.25, 0.3) is 0 Å². The molecule has 5 aromatic rings. The molecule has 0 fully saturated rings. The summed E-state index contributed by atoms with van der Waals surface area (Å²) in [6.07, 6.45) is 0. The number of carbonyl (C=O) groups excluding carboxylic acids is 2. The standard InChI is InChI=1S/C32H24N2O2/c35-31(23-13-3-1-4-14-23)25-17-7-9-19-27(25)33-29-21-11-12-22-30(29)34-28-20-10-8-18-26(28)32(36)24-15-5-2-6-16-24/h1-22,33-34H. The van der Waals surface area contributed by atoms with Gasteiger partial charge in [-0.25, -0.2) is 0 Å². The molecule has 5 aromatic carbocycles. The van der Waals surface area contributed by atoms with Gasteiger partial charge in [-0.1, -0.05) is 97.1 Å². The fourth-order valence-corrected chi connectivity index (χ4v) is 4.06. The van der Waals surface area contributed by atoms with E-state index in [1.54, 1.807) is 0 Å². The molecule has 0 bridgehead atoms. The quantitative estimate of drug-likeness (QED) is 0.230. The van der Waals surface area contributed by atoms with Crippen LogP contribution in [0.5, 0.6) is 0 Å². The molecule has 0 heterocycles. The second-order valence-corrected chi connectivity index (χ2v) is 8.28. The number of anilines is 4. The Labute approximate surface area is 210 Å². The smallest absolute Gasteiger partial charge is 0.195 e. The Kier molecular flexibility index (Phi) is 6.68. The second kappa shape index (κ2) is 10.5. The van der Waals surface area contributed by atoms with Gasteiger partial charge in [0.15, 0.2) is 11.6 Å². The molecule has 0 aliphatic rings. The third-order valence-corrected chi connectivity index (χ3v) is 5.88. The van der Waals surface area contributed by atoms with E-state index in [4.69, 9.17) is 0 Å². The van der Waals surface area contributed by atoms with Crippen LogP contribution in [-0.2, 0) is 0 Å². The number of hydrogen-bond acceptors (Lipinski definition) is 4. The van der Waals surface area contributed by atoms with Gasteiger partial charge < -0.3 is 10.6 Å². The van der Waals surface area contributed by atoms with Crippen molar-refractivity contribution in [2.75, 3.05) is 10.6 Å². The van der Waals surface area contributed by atoms with Gasteiger partial charge in [0.2, 0.25) is 0 Å². The molecular formula is C32H24N2O2. The van der Waals surface area contributed by atoms with Gasteiger partial charge in [-0.2, -0.15) is 0 Å². The molecule has 0 radical (unpaired) electrons. The maximum Gasteiger partial charge on any atom is 0.195 e. The molecule has 4 nitrogen and oxygen atoms in total. The number of carbonyl (C=O) groups is 2. The summed E-state index contributed by atoms with van der Waals surface area (Å²) in [5, 5.41) is 6.85. The highest BCUT2D eigenvalue weighted by atomic mass is 16.1. The van der Waals surface area contributed by atoms with Crippen molar-refractivity contribution in [2.45, 2.75) is 0 Å². The molecule has 2 N–H and O–H groups in total. The minimum absolute atomic E-state index is 0.0528. The average Bonchev–Trinajstić information content (AvgIpc) is 2.95. The van der Waals surface area contributed by atoms with Crippen LogP contribution >= 0.6 is 0 Å². The average molecular weight is 469 g/mol. The lowest BCUT2D eigenvalue weighted by atomic mass is 10.0. The number of para-hydroxylation sites is 4. The molecule has 5 rings (SSSR count). The second-order valence-electron chi connectivity index (χ2n) is 8.28. The summed E-state index contributed by atoms with van der Waals surface area (Å²) in [6.45, 7) is 0. The lowest BCUT2D eigenvalue weighted by Crippen LogP contribution is -2.07. The van der Waals surface area contributed by atoms with Crippen molar-refractivity contribution >= 4 is 34.3 Å². The Bertz CT molecular complexity index is 1400. The number of rotatable bonds is 8. The monoisotopic (exact) mass is 468 g/mol. The summed E-state index contributed by atoms with van der Waals surface area (Å²) in [5.74, 6) is -0.106. The van der Waals surface area contributed by atoms with E-state index in [0.29, 0.717) is 33.6 Å². The SMILES string of the molecule is O=C(c1ccccc1)c1ccccc1Nc1ccccc1Nc1ccccc1C(=O)c1ccccc1. The van der Waals surface area contributed by atoms with Crippen molar-refractivity contribution in [2.24, 2.45) is 0 Å². The predicted molar refractivity (Wildman–Crippen MR) is 146 cm³/mol. The van der Waals surface area contributed by atoms with E-state index in [1.807, 2.05) is 133 Å². The van der Waals surface area contributed by atoms with Gasteiger partial charge in [-0.3, -0.25) is 9.59 Å². The Hall–Kier alpha value is -4.96. The third kappa shape index (κ3) is 4.93. The highest BCUT2D eigenvalue weighted by molar-refractivity contribution is 6.13. The van der Waals surface area contributed by atoms with E-state index in [1.165, 1.54) is 0 Å². The van der Waals surface area contributed by atoms with Crippen molar-refractivity contribution in [3.63, 3.8) is 0 Å². The van der Waals surface area contributed by atoms with Crippen LogP contribution in [0.1, 0.15) is 31.8 Å². The van der Waals surface area contributed by atoms with Crippen molar-refractivity contribution in [3.8, 4) is 0 Å². The van der Waals surface area contributed by atoms with Gasteiger partial charge >= 0.3 is 0 Å². The molecule has 36 heavy (non-hydrogen) atoms. The molecule has 0 saturated carbocycles. The zero-order valence-electron chi connectivity index (χ0n) is 19.5. The third-order valence-electron chi connectivity index (χ3n) is 5.88. The van der Waals surface area contributed by atoms with Crippen LogP contribution in [0.4, 0.5) is 22.7 Å². The van der Waals surface area contributed by atoms with Gasteiger partial charge in [-0.15, -0.1) is 0 Å². The van der Waals surface area contributed by atoms with E-state index < -0.39 is 0 Å². The zero-order valence-corrected chi connectivity index (χ0v) is 19.5. The van der Waals surface area contributed by atoms with Crippen LogP contribution in [0.3, 0.4) is 0 Å². The van der Waals surface area contributed by atoms with E-state index >= 15 is 0 Å². The largest absolute Gasteiger partial charge is 0.353 e. The van der Waals surface area contributed by atoms with Crippen LogP contribution in [0.15, 0.2) is 133 Å². The molecule has 0 aliphatic carbocycles. The lowest BCUT2D eigenvalue weighted by molar-refractivity contribution is 0.103. The van der Waals surface area contributed by atoms with Crippen molar-refractivity contribution < 1.29 is 9.59 Å².